The highest BCUT2D eigenvalue weighted by Gasteiger charge is 2.21. The van der Waals surface area contributed by atoms with Crippen LogP contribution in [0.1, 0.15) is 26.2 Å². The second-order valence-corrected chi connectivity index (χ2v) is 4.09. The Morgan fingerprint density at radius 1 is 1.44 bits per heavy atom. The summed E-state index contributed by atoms with van der Waals surface area (Å²) in [6, 6.07) is 6.55. The molecule has 1 unspecified atom stereocenters. The minimum atomic E-state index is 0.843. The molecule has 3 heterocycles. The zero-order chi connectivity index (χ0) is 11.4. The van der Waals surface area contributed by atoms with Crippen molar-refractivity contribution in [2.75, 3.05) is 13.7 Å². The fourth-order valence-electron chi connectivity index (χ4n) is 2.03. The van der Waals surface area contributed by atoms with Crippen LogP contribution in [0.2, 0.25) is 0 Å². The maximum atomic E-state index is 5.11. The van der Waals surface area contributed by atoms with Crippen molar-refractivity contribution in [3.63, 3.8) is 0 Å². The van der Waals surface area contributed by atoms with Crippen molar-refractivity contribution in [3.8, 4) is 17.2 Å². The number of fused-ring (bicyclic) bond motifs is 2. The van der Waals surface area contributed by atoms with Gasteiger partial charge >= 0.3 is 0 Å². The van der Waals surface area contributed by atoms with Crippen LogP contribution in [0.3, 0.4) is 0 Å². The Kier molecular flexibility index (Phi) is 3.67. The number of nitrogens with one attached hydrogen (secondary N) is 1. The van der Waals surface area contributed by atoms with Crippen LogP contribution in [0.5, 0.6) is 17.2 Å². The van der Waals surface area contributed by atoms with E-state index in [0.717, 1.165) is 23.3 Å². The molecule has 1 aromatic carbocycles. The molecule has 88 valence electrons. The van der Waals surface area contributed by atoms with Crippen molar-refractivity contribution in [3.05, 3.63) is 18.2 Å². The van der Waals surface area contributed by atoms with E-state index in [1.807, 2.05) is 18.2 Å². The maximum absolute atomic E-state index is 5.11. The molecule has 0 radical (unpaired) electrons. The van der Waals surface area contributed by atoms with Crippen LogP contribution < -0.4 is 14.8 Å². The van der Waals surface area contributed by atoms with Crippen LogP contribution in [-0.4, -0.2) is 19.7 Å². The van der Waals surface area contributed by atoms with E-state index in [2.05, 4.69) is 12.2 Å². The highest BCUT2D eigenvalue weighted by Crippen LogP contribution is 2.48. The molecule has 0 aliphatic carbocycles. The monoisotopic (exact) mass is 221 g/mol. The van der Waals surface area contributed by atoms with E-state index in [4.69, 9.17) is 9.47 Å². The van der Waals surface area contributed by atoms with Crippen LogP contribution in [0.15, 0.2) is 18.2 Å². The van der Waals surface area contributed by atoms with E-state index in [1.165, 1.54) is 25.8 Å². The smallest absolute Gasteiger partial charge is 0.204 e. The van der Waals surface area contributed by atoms with Gasteiger partial charge in [-0.2, -0.15) is 0 Å². The van der Waals surface area contributed by atoms with Gasteiger partial charge in [0, 0.05) is 6.04 Å². The Hall–Kier alpha value is -1.22. The van der Waals surface area contributed by atoms with Gasteiger partial charge in [-0.1, -0.05) is 13.0 Å². The van der Waals surface area contributed by atoms with Crippen molar-refractivity contribution in [1.29, 1.82) is 0 Å². The van der Waals surface area contributed by atoms with E-state index in [0.29, 0.717) is 0 Å². The molecule has 16 heavy (non-hydrogen) atoms. The van der Waals surface area contributed by atoms with Crippen LogP contribution in [0, 0.1) is 0 Å². The summed E-state index contributed by atoms with van der Waals surface area (Å²) in [5.74, 6) is 2.56. The molecule has 0 spiro atoms. The highest BCUT2D eigenvalue weighted by atomic mass is 16.6. The summed E-state index contributed by atoms with van der Waals surface area (Å²) in [6.07, 6.45) is 4.09. The van der Waals surface area contributed by atoms with E-state index in [9.17, 15) is 0 Å². The first-order chi connectivity index (χ1) is 7.85. The van der Waals surface area contributed by atoms with E-state index < -0.39 is 0 Å². The van der Waals surface area contributed by atoms with Gasteiger partial charge in [0.25, 0.3) is 0 Å². The summed E-state index contributed by atoms with van der Waals surface area (Å²) in [4.78, 5) is 0. The molecule has 3 aliphatic rings. The zero-order valence-electron chi connectivity index (χ0n) is 9.95. The first-order valence-electron chi connectivity index (χ1n) is 5.93. The van der Waals surface area contributed by atoms with Gasteiger partial charge in [0.05, 0.1) is 7.11 Å². The number of methoxy groups -OCH3 is 1. The van der Waals surface area contributed by atoms with Gasteiger partial charge in [-0.25, -0.2) is 0 Å². The lowest BCUT2D eigenvalue weighted by Gasteiger charge is -2.21. The number of ether oxygens (including phenoxy) is 2. The molecule has 3 heteroatoms. The summed E-state index contributed by atoms with van der Waals surface area (Å²) in [6.45, 7) is 3.49. The van der Waals surface area contributed by atoms with Crippen molar-refractivity contribution >= 4 is 0 Å². The van der Waals surface area contributed by atoms with Crippen LogP contribution in [-0.2, 0) is 0 Å². The molecule has 0 saturated carbocycles. The second kappa shape index (κ2) is 5.21. The maximum Gasteiger partial charge on any atom is 0.204 e. The number of para-hydroxylation sites is 1. The van der Waals surface area contributed by atoms with Crippen LogP contribution in [0.4, 0.5) is 0 Å². The highest BCUT2D eigenvalue weighted by molar-refractivity contribution is 5.60. The molecule has 1 saturated heterocycles. The van der Waals surface area contributed by atoms with Gasteiger partial charge in [-0.3, -0.25) is 0 Å². The molecule has 0 amide bonds. The van der Waals surface area contributed by atoms with Gasteiger partial charge < -0.3 is 14.8 Å². The Morgan fingerprint density at radius 2 is 2.19 bits per heavy atom. The minimum absolute atomic E-state index is 0.843. The van der Waals surface area contributed by atoms with Crippen molar-refractivity contribution in [1.82, 2.24) is 5.32 Å². The second-order valence-electron chi connectivity index (χ2n) is 4.09. The third-order valence-corrected chi connectivity index (χ3v) is 3.02. The molecule has 3 nitrogen and oxygen atoms in total. The largest absolute Gasteiger partial charge is 0.490 e. The Morgan fingerprint density at radius 3 is 2.50 bits per heavy atom. The van der Waals surface area contributed by atoms with Gasteiger partial charge in [0.1, 0.15) is 0 Å². The summed E-state index contributed by atoms with van der Waals surface area (Å²) >= 11 is 0. The van der Waals surface area contributed by atoms with Crippen molar-refractivity contribution < 1.29 is 9.47 Å². The number of hydrogen-bond acceptors (Lipinski definition) is 3. The van der Waals surface area contributed by atoms with Gasteiger partial charge in [0.2, 0.25) is 5.75 Å². The SMILES string of the molecule is CCC1CCCN1.COc1c2cccc1O2. The summed E-state index contributed by atoms with van der Waals surface area (Å²) in [5.41, 5.74) is 0. The molecular weight excluding hydrogens is 202 g/mol. The predicted molar refractivity (Wildman–Crippen MR) is 64.4 cm³/mol. The lowest BCUT2D eigenvalue weighted by Crippen LogP contribution is -2.19. The quantitative estimate of drug-likeness (QED) is 0.845. The number of rotatable bonds is 2. The minimum Gasteiger partial charge on any atom is -0.490 e. The summed E-state index contributed by atoms with van der Waals surface area (Å²) in [5, 5.41) is 3.41. The van der Waals surface area contributed by atoms with E-state index in [-0.39, 0.29) is 0 Å². The van der Waals surface area contributed by atoms with E-state index in [1.54, 1.807) is 7.11 Å². The molecule has 1 N–H and O–H groups in total. The lowest BCUT2D eigenvalue weighted by atomic mass is 10.2. The first kappa shape index (κ1) is 11.3. The van der Waals surface area contributed by atoms with Crippen LogP contribution >= 0.6 is 0 Å². The van der Waals surface area contributed by atoms with Crippen molar-refractivity contribution in [2.24, 2.45) is 0 Å². The summed E-state index contributed by atoms with van der Waals surface area (Å²) in [7, 11) is 1.64. The Labute approximate surface area is 96.8 Å². The van der Waals surface area contributed by atoms with Gasteiger partial charge in [-0.05, 0) is 37.9 Å². The molecule has 4 rings (SSSR count). The first-order valence-corrected chi connectivity index (χ1v) is 5.93. The molecule has 2 bridgehead atoms. The average Bonchev–Trinajstić information content (AvgIpc) is 2.84. The lowest BCUT2D eigenvalue weighted by molar-refractivity contribution is 0.314. The number of benzene rings is 1. The summed E-state index contributed by atoms with van der Waals surface area (Å²) < 4.78 is 10.1. The third-order valence-electron chi connectivity index (χ3n) is 3.02. The molecule has 1 fully saturated rings. The van der Waals surface area contributed by atoms with Gasteiger partial charge in [-0.15, -0.1) is 0 Å². The fraction of sp³-hybridized carbons (Fsp3) is 0.538. The molecule has 1 atom stereocenters. The number of hydrogen-bond donors (Lipinski definition) is 1. The molecule has 0 aromatic heterocycles. The fourth-order valence-corrected chi connectivity index (χ4v) is 2.03. The predicted octanol–water partition coefficient (Wildman–Crippen LogP) is 2.95. The van der Waals surface area contributed by atoms with Gasteiger partial charge in [0.15, 0.2) is 11.5 Å². The van der Waals surface area contributed by atoms with Crippen molar-refractivity contribution in [2.45, 2.75) is 32.2 Å². The molecular formula is C13H19NO2. The standard InChI is InChI=1S/C7H6O2.C6H13N/c1-8-7-5-3-2-4-6(7)9-5;1-2-6-4-3-5-7-6/h2-4H,1H3;6-7H,2-5H2,1H3. The average molecular weight is 221 g/mol. The Bertz CT molecular complexity index is 326. The Balaban J connectivity index is 0.000000125. The third kappa shape index (κ3) is 2.30. The molecule has 1 aromatic rings. The molecule has 3 aliphatic heterocycles. The zero-order valence-corrected chi connectivity index (χ0v) is 9.95. The van der Waals surface area contributed by atoms with Crippen LogP contribution in [0.25, 0.3) is 0 Å². The topological polar surface area (TPSA) is 30.5 Å². The van der Waals surface area contributed by atoms with E-state index >= 15 is 0 Å². The normalized spacial score (nSPS) is 20.2.